The van der Waals surface area contributed by atoms with Crippen LogP contribution in [0.2, 0.25) is 0 Å². The summed E-state index contributed by atoms with van der Waals surface area (Å²) in [5.41, 5.74) is 0.910. The highest BCUT2D eigenvalue weighted by molar-refractivity contribution is 5.70. The molecule has 0 spiro atoms. The van der Waals surface area contributed by atoms with Crippen LogP contribution in [0, 0.1) is 0 Å². The van der Waals surface area contributed by atoms with Crippen molar-refractivity contribution in [2.45, 2.75) is 32.0 Å². The molecule has 1 aromatic carbocycles. The molecule has 2 atom stereocenters. The Morgan fingerprint density at radius 3 is 3.21 bits per heavy atom. The van der Waals surface area contributed by atoms with E-state index in [4.69, 9.17) is 14.2 Å². The van der Waals surface area contributed by atoms with E-state index in [0.29, 0.717) is 18.9 Å². The van der Waals surface area contributed by atoms with Gasteiger partial charge in [-0.25, -0.2) is 4.79 Å². The third kappa shape index (κ3) is 1.94. The molecule has 5 nitrogen and oxygen atoms in total. The third-order valence-corrected chi connectivity index (χ3v) is 3.74. The van der Waals surface area contributed by atoms with Gasteiger partial charge in [-0.3, -0.25) is 0 Å². The Kier molecular flexibility index (Phi) is 2.86. The van der Waals surface area contributed by atoms with Crippen LogP contribution in [0.25, 0.3) is 0 Å². The van der Waals surface area contributed by atoms with Crippen LogP contribution in [0.1, 0.15) is 25.8 Å². The molecule has 1 amide bonds. The van der Waals surface area contributed by atoms with Crippen LogP contribution in [0.4, 0.5) is 4.79 Å². The second-order valence-electron chi connectivity index (χ2n) is 5.07. The van der Waals surface area contributed by atoms with Crippen LogP contribution < -0.4 is 14.8 Å². The third-order valence-electron chi connectivity index (χ3n) is 3.74. The van der Waals surface area contributed by atoms with E-state index in [1.54, 1.807) is 6.07 Å². The van der Waals surface area contributed by atoms with Crippen LogP contribution in [0.5, 0.6) is 11.5 Å². The van der Waals surface area contributed by atoms with Gasteiger partial charge in [0.05, 0.1) is 12.0 Å². The Labute approximate surface area is 111 Å². The topological polar surface area (TPSA) is 56.8 Å². The van der Waals surface area contributed by atoms with Gasteiger partial charge in [0, 0.05) is 12.1 Å². The van der Waals surface area contributed by atoms with Crippen molar-refractivity contribution in [1.82, 2.24) is 5.32 Å². The summed E-state index contributed by atoms with van der Waals surface area (Å²) in [6.07, 6.45) is 0.253. The summed E-state index contributed by atoms with van der Waals surface area (Å²) in [6.45, 7) is 5.20. The summed E-state index contributed by atoms with van der Waals surface area (Å²) in [5.74, 6) is 1.34. The van der Waals surface area contributed by atoms with Gasteiger partial charge in [-0.2, -0.15) is 0 Å². The maximum absolute atomic E-state index is 11.4. The van der Waals surface area contributed by atoms with Crippen LogP contribution in [0.3, 0.4) is 0 Å². The number of rotatable bonds is 2. The first-order chi connectivity index (χ1) is 9.13. The van der Waals surface area contributed by atoms with E-state index in [-0.39, 0.29) is 11.7 Å². The average molecular weight is 263 g/mol. The van der Waals surface area contributed by atoms with Gasteiger partial charge < -0.3 is 19.5 Å². The molecule has 102 valence electrons. The first kappa shape index (κ1) is 12.3. The summed E-state index contributed by atoms with van der Waals surface area (Å²) < 4.78 is 16.6. The number of benzene rings is 1. The summed E-state index contributed by atoms with van der Waals surface area (Å²) >= 11 is 0. The quantitative estimate of drug-likeness (QED) is 0.888. The number of hydrogen-bond donors (Lipinski definition) is 1. The van der Waals surface area contributed by atoms with Crippen molar-refractivity contribution in [1.29, 1.82) is 0 Å². The molecule has 2 aliphatic heterocycles. The maximum atomic E-state index is 11.4. The molecule has 2 aliphatic rings. The standard InChI is InChI=1S/C14H17NO4/c1-3-15-13(16)18-9-4-5-11-10(8-9)14(2)6-7-17-12(14)19-11/h4-5,8,12H,3,6-7H2,1-2H3,(H,15,16)/t12-,14+/m0/s1. The van der Waals surface area contributed by atoms with Crippen molar-refractivity contribution in [3.05, 3.63) is 23.8 Å². The monoisotopic (exact) mass is 263 g/mol. The first-order valence-electron chi connectivity index (χ1n) is 6.52. The first-order valence-corrected chi connectivity index (χ1v) is 6.52. The van der Waals surface area contributed by atoms with Crippen molar-refractivity contribution in [3.8, 4) is 11.5 Å². The van der Waals surface area contributed by atoms with Crippen molar-refractivity contribution in [3.63, 3.8) is 0 Å². The molecule has 1 aromatic rings. The second-order valence-corrected chi connectivity index (χ2v) is 5.07. The SMILES string of the molecule is CCNC(=O)Oc1ccc2c(c1)[C@@]1(C)CCO[C@H]1O2. The minimum Gasteiger partial charge on any atom is -0.464 e. The lowest BCUT2D eigenvalue weighted by molar-refractivity contribution is -0.0514. The van der Waals surface area contributed by atoms with Crippen molar-refractivity contribution in [2.75, 3.05) is 13.2 Å². The zero-order valence-electron chi connectivity index (χ0n) is 11.1. The van der Waals surface area contributed by atoms with Gasteiger partial charge in [0.25, 0.3) is 0 Å². The number of carbonyl (C=O) groups is 1. The number of ether oxygens (including phenoxy) is 3. The van der Waals surface area contributed by atoms with E-state index in [9.17, 15) is 4.79 Å². The molecule has 19 heavy (non-hydrogen) atoms. The second kappa shape index (κ2) is 4.42. The maximum Gasteiger partial charge on any atom is 0.412 e. The van der Waals surface area contributed by atoms with Crippen molar-refractivity contribution in [2.24, 2.45) is 0 Å². The average Bonchev–Trinajstić information content (AvgIpc) is 2.85. The lowest BCUT2D eigenvalue weighted by Crippen LogP contribution is -2.30. The lowest BCUT2D eigenvalue weighted by Gasteiger charge is -2.20. The minimum atomic E-state index is -0.439. The largest absolute Gasteiger partial charge is 0.464 e. The predicted octanol–water partition coefficient (Wildman–Crippen LogP) is 2.19. The van der Waals surface area contributed by atoms with Gasteiger partial charge in [0.2, 0.25) is 6.29 Å². The van der Waals surface area contributed by atoms with Gasteiger partial charge >= 0.3 is 6.09 Å². The van der Waals surface area contributed by atoms with Gasteiger partial charge in [-0.05, 0) is 38.5 Å². The van der Waals surface area contributed by atoms with Gasteiger partial charge in [0.1, 0.15) is 11.5 Å². The molecule has 2 heterocycles. The summed E-state index contributed by atoms with van der Waals surface area (Å²) in [7, 11) is 0. The molecular formula is C14H17NO4. The molecule has 5 heteroatoms. The number of fused-ring (bicyclic) bond motifs is 3. The molecule has 0 unspecified atom stereocenters. The van der Waals surface area contributed by atoms with E-state index in [1.165, 1.54) is 0 Å². The molecule has 1 fully saturated rings. The zero-order valence-corrected chi connectivity index (χ0v) is 11.1. The molecule has 3 rings (SSSR count). The minimum absolute atomic E-state index is 0.143. The van der Waals surface area contributed by atoms with E-state index >= 15 is 0 Å². The molecule has 0 aliphatic carbocycles. The molecular weight excluding hydrogens is 246 g/mol. The van der Waals surface area contributed by atoms with Crippen molar-refractivity contribution < 1.29 is 19.0 Å². The highest BCUT2D eigenvalue weighted by atomic mass is 16.7. The molecule has 0 aromatic heterocycles. The molecule has 0 saturated carbocycles. The molecule has 0 radical (unpaired) electrons. The number of nitrogens with one attached hydrogen (secondary N) is 1. The summed E-state index contributed by atoms with van der Waals surface area (Å²) in [5, 5.41) is 2.60. The van der Waals surface area contributed by atoms with Gasteiger partial charge in [-0.1, -0.05) is 0 Å². The molecule has 1 N–H and O–H groups in total. The summed E-state index contributed by atoms with van der Waals surface area (Å²) in [4.78, 5) is 11.4. The Balaban J connectivity index is 1.86. The normalized spacial score (nSPS) is 27.4. The van der Waals surface area contributed by atoms with Crippen molar-refractivity contribution >= 4 is 6.09 Å². The fourth-order valence-corrected chi connectivity index (χ4v) is 2.63. The Morgan fingerprint density at radius 2 is 2.42 bits per heavy atom. The van der Waals surface area contributed by atoms with Gasteiger partial charge in [-0.15, -0.1) is 0 Å². The van der Waals surface area contributed by atoms with E-state index < -0.39 is 6.09 Å². The highest BCUT2D eigenvalue weighted by Gasteiger charge is 2.50. The summed E-state index contributed by atoms with van der Waals surface area (Å²) in [6, 6.07) is 5.44. The fraction of sp³-hybridized carbons (Fsp3) is 0.500. The van der Waals surface area contributed by atoms with Crippen LogP contribution in [0.15, 0.2) is 18.2 Å². The highest BCUT2D eigenvalue weighted by Crippen LogP contribution is 2.49. The molecule has 1 saturated heterocycles. The number of carbonyl (C=O) groups excluding carboxylic acids is 1. The van der Waals surface area contributed by atoms with Crippen LogP contribution in [-0.4, -0.2) is 25.5 Å². The van der Waals surface area contributed by atoms with Gasteiger partial charge in [0.15, 0.2) is 0 Å². The van der Waals surface area contributed by atoms with Crippen LogP contribution in [-0.2, 0) is 10.2 Å². The van der Waals surface area contributed by atoms with Crippen LogP contribution >= 0.6 is 0 Å². The zero-order chi connectivity index (χ0) is 13.5. The number of hydrogen-bond acceptors (Lipinski definition) is 4. The number of amides is 1. The van der Waals surface area contributed by atoms with E-state index in [1.807, 2.05) is 19.1 Å². The Hall–Kier alpha value is -1.75. The Bertz CT molecular complexity index is 516. The molecule has 0 bridgehead atoms. The fourth-order valence-electron chi connectivity index (χ4n) is 2.63. The lowest BCUT2D eigenvalue weighted by atomic mass is 9.82. The smallest absolute Gasteiger partial charge is 0.412 e. The predicted molar refractivity (Wildman–Crippen MR) is 68.5 cm³/mol. The van der Waals surface area contributed by atoms with E-state index in [0.717, 1.165) is 17.7 Å². The van der Waals surface area contributed by atoms with E-state index in [2.05, 4.69) is 12.2 Å². The Morgan fingerprint density at radius 1 is 1.58 bits per heavy atom.